The lowest BCUT2D eigenvalue weighted by Crippen LogP contribution is -2.35. The number of hydrogen-bond donors (Lipinski definition) is 1. The number of H-pyrrole nitrogens is 1. The maximum Gasteiger partial charge on any atom is 0.229 e. The average Bonchev–Trinajstić information content (AvgIpc) is 2.80. The zero-order valence-corrected chi connectivity index (χ0v) is 10.8. The Balaban J connectivity index is 1.83. The molecule has 0 aliphatic carbocycles. The number of hydrogen-bond acceptors (Lipinski definition) is 5. The van der Waals surface area contributed by atoms with E-state index in [1.54, 1.807) is 6.20 Å². The number of piperidine rings is 1. The molecule has 7 heteroatoms. The van der Waals surface area contributed by atoms with Gasteiger partial charge in [-0.15, -0.1) is 0 Å². The smallest absolute Gasteiger partial charge is 0.229 e. The molecule has 1 aliphatic heterocycles. The summed E-state index contributed by atoms with van der Waals surface area (Å²) < 4.78 is 5.93. The van der Waals surface area contributed by atoms with Gasteiger partial charge in [0, 0.05) is 13.1 Å². The fraction of sp³-hybridized carbons (Fsp3) is 0.545. The van der Waals surface area contributed by atoms with Gasteiger partial charge < -0.3 is 9.64 Å². The van der Waals surface area contributed by atoms with E-state index in [1.807, 2.05) is 0 Å². The Morgan fingerprint density at radius 2 is 2.17 bits per heavy atom. The van der Waals surface area contributed by atoms with Crippen LogP contribution in [0.3, 0.4) is 0 Å². The molecule has 1 saturated heterocycles. The van der Waals surface area contributed by atoms with Gasteiger partial charge in [-0.25, -0.2) is 0 Å². The van der Waals surface area contributed by atoms with Crippen LogP contribution in [0, 0.1) is 0 Å². The topological polar surface area (TPSA) is 66.9 Å². The van der Waals surface area contributed by atoms with Crippen LogP contribution < -0.4 is 4.74 Å². The molecule has 2 aromatic heterocycles. The second-order valence-electron chi connectivity index (χ2n) is 4.55. The molecular weight excluding hydrogens is 254 g/mol. The maximum atomic E-state index is 5.93. The van der Waals surface area contributed by atoms with E-state index in [-0.39, 0.29) is 11.4 Å². The number of likely N-dealkylation sites (tertiary alicyclic amines) is 1. The molecule has 6 nitrogen and oxygen atoms in total. The highest BCUT2D eigenvalue weighted by Gasteiger charge is 2.20. The van der Waals surface area contributed by atoms with Gasteiger partial charge in [-0.1, -0.05) is 0 Å². The predicted octanol–water partition coefficient (Wildman–Crippen LogP) is 1.48. The molecule has 3 rings (SSSR count). The Kier molecular flexibility index (Phi) is 3.05. The van der Waals surface area contributed by atoms with Crippen molar-refractivity contribution in [1.29, 1.82) is 0 Å². The lowest BCUT2D eigenvalue weighted by Gasteiger charge is -2.28. The van der Waals surface area contributed by atoms with Crippen molar-refractivity contribution in [3.8, 4) is 5.88 Å². The number of nitrogens with zero attached hydrogens (tertiary/aromatic N) is 4. The lowest BCUT2D eigenvalue weighted by atomic mass is 10.1. The molecule has 0 aromatic carbocycles. The summed E-state index contributed by atoms with van der Waals surface area (Å²) in [6.07, 6.45) is 3.84. The molecule has 1 fully saturated rings. The van der Waals surface area contributed by atoms with E-state index in [1.165, 1.54) is 0 Å². The first-order valence-corrected chi connectivity index (χ1v) is 6.32. The van der Waals surface area contributed by atoms with Gasteiger partial charge in [0.25, 0.3) is 0 Å². The van der Waals surface area contributed by atoms with Crippen molar-refractivity contribution in [1.82, 2.24) is 25.1 Å². The third-order valence-electron chi connectivity index (χ3n) is 3.19. The van der Waals surface area contributed by atoms with Crippen LogP contribution in [-0.4, -0.2) is 51.3 Å². The molecule has 0 saturated carbocycles. The zero-order chi connectivity index (χ0) is 12.5. The Morgan fingerprint density at radius 3 is 2.94 bits per heavy atom. The minimum atomic E-state index is 0.176. The van der Waals surface area contributed by atoms with Gasteiger partial charge in [0.2, 0.25) is 11.2 Å². The van der Waals surface area contributed by atoms with Crippen molar-refractivity contribution >= 4 is 22.6 Å². The molecule has 0 amide bonds. The number of halogens is 1. The van der Waals surface area contributed by atoms with Crippen LogP contribution >= 0.6 is 11.6 Å². The molecule has 0 radical (unpaired) electrons. The summed E-state index contributed by atoms with van der Waals surface area (Å²) in [5, 5.41) is 7.66. The minimum absolute atomic E-state index is 0.176. The normalized spacial score (nSPS) is 18.3. The van der Waals surface area contributed by atoms with Gasteiger partial charge in [0.05, 0.1) is 6.20 Å². The predicted molar refractivity (Wildman–Crippen MR) is 67.8 cm³/mol. The highest BCUT2D eigenvalue weighted by atomic mass is 35.5. The largest absolute Gasteiger partial charge is 0.474 e. The maximum absolute atomic E-state index is 5.93. The van der Waals surface area contributed by atoms with E-state index in [4.69, 9.17) is 16.3 Å². The molecule has 3 heterocycles. The first-order chi connectivity index (χ1) is 8.72. The molecule has 0 atom stereocenters. The summed E-state index contributed by atoms with van der Waals surface area (Å²) in [4.78, 5) is 10.5. The van der Waals surface area contributed by atoms with E-state index in [0.717, 1.165) is 31.3 Å². The van der Waals surface area contributed by atoms with Crippen molar-refractivity contribution < 1.29 is 4.74 Å². The van der Waals surface area contributed by atoms with Crippen LogP contribution in [0.25, 0.3) is 11.0 Å². The number of ether oxygens (including phenoxy) is 1. The highest BCUT2D eigenvalue weighted by molar-refractivity contribution is 6.28. The second-order valence-corrected chi connectivity index (χ2v) is 4.89. The van der Waals surface area contributed by atoms with Crippen molar-refractivity contribution in [3.63, 3.8) is 0 Å². The summed E-state index contributed by atoms with van der Waals surface area (Å²) >= 11 is 5.86. The van der Waals surface area contributed by atoms with Crippen molar-refractivity contribution in [3.05, 3.63) is 11.5 Å². The number of nitrogens with one attached hydrogen (secondary N) is 1. The molecule has 0 unspecified atom stereocenters. The molecular formula is C11H14ClN5O. The summed E-state index contributed by atoms with van der Waals surface area (Å²) in [6.45, 7) is 2.08. The zero-order valence-electron chi connectivity index (χ0n) is 10.1. The van der Waals surface area contributed by atoms with Gasteiger partial charge in [-0.05, 0) is 31.5 Å². The summed E-state index contributed by atoms with van der Waals surface area (Å²) in [6, 6.07) is 0. The highest BCUT2D eigenvalue weighted by Crippen LogP contribution is 2.25. The number of fused-ring (bicyclic) bond motifs is 1. The lowest BCUT2D eigenvalue weighted by molar-refractivity contribution is 0.111. The average molecular weight is 268 g/mol. The van der Waals surface area contributed by atoms with Crippen LogP contribution in [0.4, 0.5) is 0 Å². The molecule has 1 N–H and O–H groups in total. The minimum Gasteiger partial charge on any atom is -0.474 e. The first-order valence-electron chi connectivity index (χ1n) is 5.94. The third-order valence-corrected chi connectivity index (χ3v) is 3.36. The molecule has 96 valence electrons. The fourth-order valence-corrected chi connectivity index (χ4v) is 2.29. The van der Waals surface area contributed by atoms with Crippen LogP contribution in [0.2, 0.25) is 5.28 Å². The molecule has 0 bridgehead atoms. The molecule has 18 heavy (non-hydrogen) atoms. The van der Waals surface area contributed by atoms with E-state index < -0.39 is 0 Å². The molecule has 1 aliphatic rings. The van der Waals surface area contributed by atoms with Crippen molar-refractivity contribution in [2.45, 2.75) is 18.9 Å². The van der Waals surface area contributed by atoms with Gasteiger partial charge >= 0.3 is 0 Å². The number of aromatic amines is 1. The fourth-order valence-electron chi connectivity index (χ4n) is 2.13. The third kappa shape index (κ3) is 2.26. The summed E-state index contributed by atoms with van der Waals surface area (Å²) in [5.74, 6) is 0.522. The Morgan fingerprint density at radius 1 is 1.39 bits per heavy atom. The Labute approximate surface area is 109 Å². The van der Waals surface area contributed by atoms with Crippen LogP contribution in [0.1, 0.15) is 12.8 Å². The van der Waals surface area contributed by atoms with Gasteiger partial charge in [0.1, 0.15) is 11.5 Å². The first kappa shape index (κ1) is 11.7. The monoisotopic (exact) mass is 267 g/mol. The van der Waals surface area contributed by atoms with E-state index >= 15 is 0 Å². The molecule has 2 aromatic rings. The van der Waals surface area contributed by atoms with Crippen LogP contribution in [-0.2, 0) is 0 Å². The van der Waals surface area contributed by atoms with Gasteiger partial charge in [-0.3, -0.25) is 5.10 Å². The van der Waals surface area contributed by atoms with E-state index in [0.29, 0.717) is 11.5 Å². The quantitative estimate of drug-likeness (QED) is 0.835. The van der Waals surface area contributed by atoms with Crippen molar-refractivity contribution in [2.75, 3.05) is 20.1 Å². The standard InChI is InChI=1S/C11H14ClN5O/c1-17-4-2-7(3-5-17)18-10-8-6-13-16-9(8)14-11(12)15-10/h6-7H,2-5H2,1H3,(H,13,14,15,16). The summed E-state index contributed by atoms with van der Waals surface area (Å²) in [7, 11) is 2.12. The number of rotatable bonds is 2. The van der Waals surface area contributed by atoms with Crippen molar-refractivity contribution in [2.24, 2.45) is 0 Å². The van der Waals surface area contributed by atoms with Crippen LogP contribution in [0.15, 0.2) is 6.20 Å². The summed E-state index contributed by atoms with van der Waals surface area (Å²) in [5.41, 5.74) is 0.609. The van der Waals surface area contributed by atoms with Gasteiger partial charge in [-0.2, -0.15) is 15.1 Å². The Bertz CT molecular complexity index is 549. The molecule has 0 spiro atoms. The van der Waals surface area contributed by atoms with Crippen LogP contribution in [0.5, 0.6) is 5.88 Å². The van der Waals surface area contributed by atoms with E-state index in [2.05, 4.69) is 32.1 Å². The second kappa shape index (κ2) is 4.70. The van der Waals surface area contributed by atoms with E-state index in [9.17, 15) is 0 Å². The number of aromatic nitrogens is 4. The van der Waals surface area contributed by atoms with Gasteiger partial charge in [0.15, 0.2) is 5.65 Å². The SMILES string of the molecule is CN1CCC(Oc2nc(Cl)nc3[nH]ncc23)CC1. The Hall–Kier alpha value is -1.40.